The van der Waals surface area contributed by atoms with Crippen LogP contribution in [0.15, 0.2) is 122 Å². The number of ether oxygens (including phenoxy) is 3. The first-order chi connectivity index (χ1) is 31.0. The van der Waals surface area contributed by atoms with Gasteiger partial charge in [-0.2, -0.15) is 0 Å². The van der Waals surface area contributed by atoms with Crippen LogP contribution in [-0.2, 0) is 28.6 Å². The molecule has 0 spiro atoms. The molecule has 0 aliphatic rings. The van der Waals surface area contributed by atoms with Crippen LogP contribution in [0.3, 0.4) is 0 Å². The Labute approximate surface area is 386 Å². The van der Waals surface area contributed by atoms with Crippen molar-refractivity contribution in [1.29, 1.82) is 0 Å². The third-order valence-electron chi connectivity index (χ3n) is 10.1. The summed E-state index contributed by atoms with van der Waals surface area (Å²) < 4.78 is 16.7. The highest BCUT2D eigenvalue weighted by molar-refractivity contribution is 5.71. The highest BCUT2D eigenvalue weighted by atomic mass is 16.6. The van der Waals surface area contributed by atoms with Crippen molar-refractivity contribution in [3.63, 3.8) is 0 Å². The van der Waals surface area contributed by atoms with E-state index in [1.54, 1.807) is 0 Å². The lowest BCUT2D eigenvalue weighted by atomic mass is 10.1. The van der Waals surface area contributed by atoms with E-state index in [0.717, 1.165) is 96.3 Å². The molecule has 0 rings (SSSR count). The van der Waals surface area contributed by atoms with E-state index in [0.29, 0.717) is 19.3 Å². The van der Waals surface area contributed by atoms with Crippen LogP contribution in [-0.4, -0.2) is 37.2 Å². The zero-order chi connectivity index (χ0) is 45.8. The van der Waals surface area contributed by atoms with Gasteiger partial charge in [-0.15, -0.1) is 0 Å². The molecule has 0 saturated heterocycles. The Morgan fingerprint density at radius 1 is 0.349 bits per heavy atom. The molecule has 0 saturated carbocycles. The minimum absolute atomic E-state index is 0.124. The van der Waals surface area contributed by atoms with Gasteiger partial charge >= 0.3 is 17.9 Å². The fourth-order valence-electron chi connectivity index (χ4n) is 6.34. The smallest absolute Gasteiger partial charge is 0.306 e. The number of hydrogen-bond donors (Lipinski definition) is 0. The van der Waals surface area contributed by atoms with E-state index in [9.17, 15) is 14.4 Å². The highest BCUT2D eigenvalue weighted by Gasteiger charge is 2.19. The van der Waals surface area contributed by atoms with E-state index in [1.807, 2.05) is 54.7 Å². The summed E-state index contributed by atoms with van der Waals surface area (Å²) in [4.78, 5) is 37.9. The van der Waals surface area contributed by atoms with Gasteiger partial charge in [-0.3, -0.25) is 14.4 Å². The molecule has 0 aromatic carbocycles. The molecule has 0 amide bonds. The maximum absolute atomic E-state index is 12.8. The van der Waals surface area contributed by atoms with E-state index < -0.39 is 6.10 Å². The Morgan fingerprint density at radius 3 is 1.24 bits per heavy atom. The Hall–Kier alpha value is -4.19. The Bertz CT molecular complexity index is 1370. The fourth-order valence-corrected chi connectivity index (χ4v) is 6.34. The summed E-state index contributed by atoms with van der Waals surface area (Å²) in [5.41, 5.74) is 0. The topological polar surface area (TPSA) is 78.9 Å². The SMILES string of the molecule is CC\C=C/C=C\C=C/C=C\C=C/CCCC(=O)OCC(COC(=O)CCCCC/C=C\C/C=C\C/C=C\C/C=C\CC)OC(=O)CCCCCCC/C=C\CCCCCCCCC. The van der Waals surface area contributed by atoms with Crippen molar-refractivity contribution in [2.24, 2.45) is 0 Å². The monoisotopic (exact) mass is 871 g/mol. The maximum atomic E-state index is 12.8. The molecule has 1 unspecified atom stereocenters. The molecule has 0 aromatic rings. The predicted octanol–water partition coefficient (Wildman–Crippen LogP) is 16.5. The zero-order valence-electron chi connectivity index (χ0n) is 40.3. The summed E-state index contributed by atoms with van der Waals surface area (Å²) in [6.07, 6.45) is 69.0. The summed E-state index contributed by atoms with van der Waals surface area (Å²) >= 11 is 0. The van der Waals surface area contributed by atoms with Gasteiger partial charge in [0.1, 0.15) is 13.2 Å². The molecule has 0 aromatic heterocycles. The number of hydrogen-bond acceptors (Lipinski definition) is 6. The number of unbranched alkanes of at least 4 members (excludes halogenated alkanes) is 16. The van der Waals surface area contributed by atoms with Gasteiger partial charge in [-0.1, -0.05) is 206 Å². The van der Waals surface area contributed by atoms with E-state index in [2.05, 4.69) is 87.6 Å². The van der Waals surface area contributed by atoms with Crippen LogP contribution in [0.25, 0.3) is 0 Å². The molecule has 0 aliphatic heterocycles. The van der Waals surface area contributed by atoms with Crippen LogP contribution in [0, 0.1) is 0 Å². The second kappa shape index (κ2) is 50.5. The highest BCUT2D eigenvalue weighted by Crippen LogP contribution is 2.13. The average molecular weight is 871 g/mol. The van der Waals surface area contributed by atoms with Crippen LogP contribution in [0.1, 0.15) is 201 Å². The standard InChI is InChI=1S/C57H90O6/c1-4-7-10-13-16-19-22-25-27-29-32-35-38-41-44-47-50-56(59)62-53-54(52-61-55(58)49-46-43-40-37-34-31-24-21-18-15-12-9-6-3)63-57(60)51-48-45-42-39-36-33-30-28-26-23-20-17-14-11-8-5-2/h7,9-10,12,15-16,18-19,21,24-25,27-28,30-32,34-35,37,40,54H,4-6,8,11,13-14,17,20,22-23,26,29,33,36,38-39,41-53H2,1-3H3/b10-7-,12-9-,18-15-,19-16-,24-21-,27-25-,30-28-,34-31-,35-32-,40-37-. The number of rotatable bonds is 43. The van der Waals surface area contributed by atoms with Gasteiger partial charge in [0.2, 0.25) is 0 Å². The molecule has 0 bridgehead atoms. The minimum atomic E-state index is -0.827. The van der Waals surface area contributed by atoms with Crippen molar-refractivity contribution in [1.82, 2.24) is 0 Å². The molecular weight excluding hydrogens is 781 g/mol. The van der Waals surface area contributed by atoms with Crippen LogP contribution < -0.4 is 0 Å². The molecule has 6 nitrogen and oxygen atoms in total. The number of carbonyl (C=O) groups excluding carboxylic acids is 3. The number of carbonyl (C=O) groups is 3. The molecule has 0 N–H and O–H groups in total. The van der Waals surface area contributed by atoms with E-state index >= 15 is 0 Å². The molecule has 354 valence electrons. The molecule has 0 aliphatic carbocycles. The summed E-state index contributed by atoms with van der Waals surface area (Å²) in [7, 11) is 0. The van der Waals surface area contributed by atoms with Crippen molar-refractivity contribution >= 4 is 17.9 Å². The van der Waals surface area contributed by atoms with Gasteiger partial charge < -0.3 is 14.2 Å². The summed E-state index contributed by atoms with van der Waals surface area (Å²) in [5.74, 6) is -1.05. The Kier molecular flexibility index (Phi) is 47.1. The van der Waals surface area contributed by atoms with Crippen LogP contribution >= 0.6 is 0 Å². The lowest BCUT2D eigenvalue weighted by molar-refractivity contribution is -0.167. The van der Waals surface area contributed by atoms with Crippen molar-refractivity contribution in [3.8, 4) is 0 Å². The largest absolute Gasteiger partial charge is 0.462 e. The molecule has 1 atom stereocenters. The fraction of sp³-hybridized carbons (Fsp3) is 0.596. The first-order valence-electron chi connectivity index (χ1n) is 25.1. The second-order valence-electron chi connectivity index (χ2n) is 16.1. The van der Waals surface area contributed by atoms with Crippen molar-refractivity contribution in [3.05, 3.63) is 122 Å². The lowest BCUT2D eigenvalue weighted by Crippen LogP contribution is -2.30. The first-order valence-corrected chi connectivity index (χ1v) is 25.1. The normalized spacial score (nSPS) is 13.1. The third kappa shape index (κ3) is 48.7. The summed E-state index contributed by atoms with van der Waals surface area (Å²) in [6, 6.07) is 0. The predicted molar refractivity (Wildman–Crippen MR) is 269 cm³/mol. The van der Waals surface area contributed by atoms with E-state index in [-0.39, 0.29) is 37.5 Å². The van der Waals surface area contributed by atoms with Gasteiger partial charge in [0.05, 0.1) is 0 Å². The molecule has 0 radical (unpaired) electrons. The van der Waals surface area contributed by atoms with Gasteiger partial charge in [0.15, 0.2) is 6.10 Å². The van der Waals surface area contributed by atoms with E-state index in [1.165, 1.54) is 57.8 Å². The Balaban J connectivity index is 4.57. The van der Waals surface area contributed by atoms with Crippen LogP contribution in [0.5, 0.6) is 0 Å². The molecule has 0 heterocycles. The zero-order valence-corrected chi connectivity index (χ0v) is 40.3. The average Bonchev–Trinajstić information content (AvgIpc) is 3.28. The van der Waals surface area contributed by atoms with Crippen LogP contribution in [0.2, 0.25) is 0 Å². The molecule has 6 heteroatoms. The first kappa shape index (κ1) is 58.8. The van der Waals surface area contributed by atoms with Crippen molar-refractivity contribution in [2.75, 3.05) is 13.2 Å². The molecule has 63 heavy (non-hydrogen) atoms. The molecular formula is C57H90O6. The number of allylic oxidation sites excluding steroid dienone is 20. The third-order valence-corrected chi connectivity index (χ3v) is 10.1. The van der Waals surface area contributed by atoms with Crippen molar-refractivity contribution in [2.45, 2.75) is 207 Å². The van der Waals surface area contributed by atoms with Crippen LogP contribution in [0.4, 0.5) is 0 Å². The quantitative estimate of drug-likeness (QED) is 0.0200. The maximum Gasteiger partial charge on any atom is 0.306 e. The molecule has 0 fully saturated rings. The minimum Gasteiger partial charge on any atom is -0.462 e. The second-order valence-corrected chi connectivity index (χ2v) is 16.1. The lowest BCUT2D eigenvalue weighted by Gasteiger charge is -2.18. The van der Waals surface area contributed by atoms with Gasteiger partial charge in [-0.05, 0) is 96.3 Å². The van der Waals surface area contributed by atoms with Gasteiger partial charge in [0.25, 0.3) is 0 Å². The summed E-state index contributed by atoms with van der Waals surface area (Å²) in [5, 5.41) is 0. The summed E-state index contributed by atoms with van der Waals surface area (Å²) in [6.45, 7) is 6.26. The van der Waals surface area contributed by atoms with E-state index in [4.69, 9.17) is 14.2 Å². The van der Waals surface area contributed by atoms with Gasteiger partial charge in [-0.25, -0.2) is 0 Å². The Morgan fingerprint density at radius 2 is 0.714 bits per heavy atom. The van der Waals surface area contributed by atoms with Gasteiger partial charge in [0, 0.05) is 19.3 Å². The van der Waals surface area contributed by atoms with Crippen molar-refractivity contribution < 1.29 is 28.6 Å². The number of esters is 3.